The van der Waals surface area contributed by atoms with Crippen molar-refractivity contribution in [3.05, 3.63) is 117 Å². The number of fused-ring (bicyclic) bond motifs is 2. The van der Waals surface area contributed by atoms with Gasteiger partial charge in [-0.1, -0.05) is 43.2 Å². The Labute approximate surface area is 396 Å². The molecule has 67 heavy (non-hydrogen) atoms. The Hall–Kier alpha value is -5.52. The lowest BCUT2D eigenvalue weighted by Gasteiger charge is -2.39. The van der Waals surface area contributed by atoms with E-state index in [0.717, 1.165) is 86.7 Å². The number of nitro groups is 1. The zero-order valence-electron chi connectivity index (χ0n) is 38.1. The van der Waals surface area contributed by atoms with Gasteiger partial charge in [0.05, 0.1) is 52.6 Å². The molecule has 2 aliphatic carbocycles. The van der Waals surface area contributed by atoms with Crippen molar-refractivity contribution in [3.8, 4) is 17.2 Å². The standard InChI is InChI=1S/C50H57ClN6O9S/c1-50(2)16-14-35(44(27-50)33-4-6-36(51)7-5-33)29-55-18-20-56(21-19-55)37-8-13-42(47(24-37)66-40-23-34-15-17-52-48(34)53-28-40)49(58)54-67(61,62)41-25-45(57(59)60)43-22-32(31-65-46(43)26-41)30-64-39-11-9-38(63-3)10-12-39/h4-8,13,15,17,23-26,28,32,38-39H,9-12,14,16,18-22,27,29-31H2,1-3H3,(H,52,53)(H,54,58)/t32-,38?,39?/m1/s1. The van der Waals surface area contributed by atoms with E-state index < -0.39 is 31.4 Å². The Balaban J connectivity index is 0.915. The highest BCUT2D eigenvalue weighted by Crippen LogP contribution is 2.44. The average molecular weight is 954 g/mol. The third-order valence-corrected chi connectivity index (χ3v) is 15.3. The fourth-order valence-electron chi connectivity index (χ4n) is 9.84. The lowest BCUT2D eigenvalue weighted by molar-refractivity contribution is -0.386. The van der Waals surface area contributed by atoms with E-state index in [1.807, 2.05) is 18.2 Å². The predicted molar refractivity (Wildman–Crippen MR) is 257 cm³/mol. The molecule has 4 heterocycles. The van der Waals surface area contributed by atoms with Crippen molar-refractivity contribution >= 4 is 55.5 Å². The van der Waals surface area contributed by atoms with Crippen LogP contribution in [-0.2, 0) is 25.9 Å². The molecule has 1 atom stereocenters. The predicted octanol–water partition coefficient (Wildman–Crippen LogP) is 9.35. The van der Waals surface area contributed by atoms with Gasteiger partial charge >= 0.3 is 0 Å². The Morgan fingerprint density at radius 2 is 1.78 bits per heavy atom. The van der Waals surface area contributed by atoms with Gasteiger partial charge in [-0.25, -0.2) is 18.1 Å². The number of methoxy groups -OCH3 is 1. The molecule has 1 amide bonds. The highest BCUT2D eigenvalue weighted by atomic mass is 35.5. The number of allylic oxidation sites excluding steroid dienone is 1. The number of nitrogens with zero attached hydrogens (tertiary/aromatic N) is 4. The number of aromatic nitrogens is 2. The Bertz CT molecular complexity index is 2780. The van der Waals surface area contributed by atoms with E-state index in [1.54, 1.807) is 37.6 Å². The van der Waals surface area contributed by atoms with Gasteiger partial charge in [0.15, 0.2) is 0 Å². The normalized spacial score (nSPS) is 21.1. The van der Waals surface area contributed by atoms with Crippen LogP contribution in [0.4, 0.5) is 11.4 Å². The fourth-order valence-corrected chi connectivity index (χ4v) is 11.0. The molecule has 0 spiro atoms. The molecule has 1 saturated heterocycles. The first-order valence-corrected chi connectivity index (χ1v) is 24.9. The van der Waals surface area contributed by atoms with E-state index in [2.05, 4.69) is 50.5 Å². The summed E-state index contributed by atoms with van der Waals surface area (Å²) in [5, 5.41) is 13.9. The Morgan fingerprint density at radius 1 is 1.01 bits per heavy atom. The molecule has 17 heteroatoms. The van der Waals surface area contributed by atoms with Crippen molar-refractivity contribution in [1.29, 1.82) is 0 Å². The number of nitrogens with one attached hydrogen (secondary N) is 2. The van der Waals surface area contributed by atoms with Crippen molar-refractivity contribution in [3.63, 3.8) is 0 Å². The van der Waals surface area contributed by atoms with Gasteiger partial charge in [0.1, 0.15) is 22.9 Å². The van der Waals surface area contributed by atoms with E-state index in [4.69, 9.17) is 30.5 Å². The molecular formula is C50H57ClN6O9S. The maximum Gasteiger partial charge on any atom is 0.277 e. The van der Waals surface area contributed by atoms with Crippen LogP contribution >= 0.6 is 11.6 Å². The number of piperazine rings is 1. The molecular weight excluding hydrogens is 896 g/mol. The number of ether oxygens (including phenoxy) is 4. The van der Waals surface area contributed by atoms with E-state index in [0.29, 0.717) is 31.1 Å². The van der Waals surface area contributed by atoms with Crippen molar-refractivity contribution in [2.75, 3.05) is 57.9 Å². The maximum absolute atomic E-state index is 14.1. The van der Waals surface area contributed by atoms with Gasteiger partial charge in [-0.15, -0.1) is 0 Å². The summed E-state index contributed by atoms with van der Waals surface area (Å²) >= 11 is 6.25. The summed E-state index contributed by atoms with van der Waals surface area (Å²) in [6.07, 6.45) is 10.6. The van der Waals surface area contributed by atoms with Crippen LogP contribution in [0.5, 0.6) is 17.2 Å². The summed E-state index contributed by atoms with van der Waals surface area (Å²) in [7, 11) is -2.93. The molecule has 0 unspecified atom stereocenters. The van der Waals surface area contributed by atoms with Crippen LogP contribution in [0, 0.1) is 21.4 Å². The van der Waals surface area contributed by atoms with Crippen LogP contribution in [0.3, 0.4) is 0 Å². The third kappa shape index (κ3) is 10.8. The second-order valence-corrected chi connectivity index (χ2v) is 21.1. The Morgan fingerprint density at radius 3 is 2.52 bits per heavy atom. The summed E-state index contributed by atoms with van der Waals surface area (Å²) in [5.41, 5.74) is 5.61. The summed E-state index contributed by atoms with van der Waals surface area (Å²) in [5.74, 6) is -0.586. The van der Waals surface area contributed by atoms with Crippen LogP contribution in [0.1, 0.15) is 80.3 Å². The van der Waals surface area contributed by atoms with Crippen LogP contribution in [-0.4, -0.2) is 99.4 Å². The minimum Gasteiger partial charge on any atom is -0.493 e. The molecule has 0 radical (unpaired) electrons. The number of benzene rings is 3. The zero-order valence-corrected chi connectivity index (χ0v) is 39.7. The van der Waals surface area contributed by atoms with E-state index in [9.17, 15) is 23.3 Å². The number of H-pyrrole nitrogens is 1. The zero-order chi connectivity index (χ0) is 46.9. The molecule has 354 valence electrons. The first-order valence-electron chi connectivity index (χ1n) is 23.0. The smallest absolute Gasteiger partial charge is 0.277 e. The highest BCUT2D eigenvalue weighted by Gasteiger charge is 2.34. The SMILES string of the molecule is COC1CCC(OC[C@@H]2COc3cc(S(=O)(=O)NC(=O)c4ccc(N5CCN(CC6=C(c7ccc(Cl)cc7)CC(C)(C)CC6)CC5)cc4Oc4cnc5[nH]ccc5c4)cc([N+](=O)[O-])c3C2)CC1. The molecule has 2 N–H and O–H groups in total. The largest absolute Gasteiger partial charge is 0.493 e. The molecule has 2 aliphatic heterocycles. The van der Waals surface area contributed by atoms with Gasteiger partial charge < -0.3 is 28.8 Å². The number of halogens is 1. The topological polar surface area (TPSA) is 178 Å². The Kier molecular flexibility index (Phi) is 13.6. The number of amides is 1. The molecule has 5 aromatic rings. The first-order chi connectivity index (χ1) is 32.2. The average Bonchev–Trinajstić information content (AvgIpc) is 3.79. The number of carbonyl (C=O) groups excluding carboxylic acids is 1. The quantitative estimate of drug-likeness (QED) is 0.0797. The van der Waals surface area contributed by atoms with Gasteiger partial charge in [-0.2, -0.15) is 0 Å². The van der Waals surface area contributed by atoms with Gasteiger partial charge in [0.25, 0.3) is 21.6 Å². The van der Waals surface area contributed by atoms with Crippen molar-refractivity contribution < 1.29 is 37.1 Å². The second kappa shape index (κ2) is 19.6. The molecule has 3 aromatic carbocycles. The second-order valence-electron chi connectivity index (χ2n) is 19.0. The molecule has 9 rings (SSSR count). The van der Waals surface area contributed by atoms with Crippen LogP contribution in [0.15, 0.2) is 89.6 Å². The van der Waals surface area contributed by atoms with Gasteiger partial charge in [0, 0.05) is 86.2 Å². The van der Waals surface area contributed by atoms with E-state index >= 15 is 0 Å². The fraction of sp³-hybridized carbons (Fsp3) is 0.440. The van der Waals surface area contributed by atoms with E-state index in [-0.39, 0.29) is 59.2 Å². The number of pyridine rings is 1. The third-order valence-electron chi connectivity index (χ3n) is 13.7. The lowest BCUT2D eigenvalue weighted by atomic mass is 9.72. The number of anilines is 1. The van der Waals surface area contributed by atoms with Crippen molar-refractivity contribution in [2.45, 2.75) is 82.3 Å². The van der Waals surface area contributed by atoms with E-state index in [1.165, 1.54) is 29.0 Å². The number of sulfonamides is 1. The van der Waals surface area contributed by atoms with Gasteiger partial charge in [-0.05, 0) is 104 Å². The van der Waals surface area contributed by atoms with Crippen molar-refractivity contribution in [1.82, 2.24) is 19.6 Å². The minimum absolute atomic E-state index is 0.0516. The number of nitro benzene ring substituents is 1. The van der Waals surface area contributed by atoms with Crippen LogP contribution in [0.2, 0.25) is 5.02 Å². The summed E-state index contributed by atoms with van der Waals surface area (Å²) in [6.45, 7) is 9.15. The minimum atomic E-state index is -4.65. The number of aromatic amines is 1. The van der Waals surface area contributed by atoms with Gasteiger partial charge in [-0.3, -0.25) is 19.8 Å². The van der Waals surface area contributed by atoms with Crippen LogP contribution in [0.25, 0.3) is 16.6 Å². The number of rotatable bonds is 14. The van der Waals surface area contributed by atoms with Crippen LogP contribution < -0.4 is 19.1 Å². The maximum atomic E-state index is 14.1. The summed E-state index contributed by atoms with van der Waals surface area (Å²) in [4.78, 5) is 37.6. The number of hydrogen-bond donors (Lipinski definition) is 2. The lowest BCUT2D eigenvalue weighted by Crippen LogP contribution is -2.47. The first kappa shape index (κ1) is 46.6. The number of hydrogen-bond acceptors (Lipinski definition) is 12. The van der Waals surface area contributed by atoms with Crippen molar-refractivity contribution in [2.24, 2.45) is 11.3 Å². The molecule has 4 aliphatic rings. The molecule has 0 bridgehead atoms. The molecule has 2 aromatic heterocycles. The number of carbonyl (C=O) groups is 1. The molecule has 15 nitrogen and oxygen atoms in total. The summed E-state index contributed by atoms with van der Waals surface area (Å²) in [6, 6.07) is 19.1. The molecule has 1 saturated carbocycles. The molecule has 2 fully saturated rings. The monoisotopic (exact) mass is 952 g/mol. The highest BCUT2D eigenvalue weighted by molar-refractivity contribution is 7.90. The van der Waals surface area contributed by atoms with Gasteiger partial charge in [0.2, 0.25) is 0 Å². The summed E-state index contributed by atoms with van der Waals surface area (Å²) < 4.78 is 54.0.